The number of nitrogens with one attached hydrogen (secondary N) is 3. The highest BCUT2D eigenvalue weighted by atomic mass is 127. The predicted octanol–water partition coefficient (Wildman–Crippen LogP) is 1.81. The van der Waals surface area contributed by atoms with Crippen LogP contribution in [-0.2, 0) is 4.79 Å². The summed E-state index contributed by atoms with van der Waals surface area (Å²) < 4.78 is 0. The van der Waals surface area contributed by atoms with Crippen LogP contribution in [-0.4, -0.2) is 61.6 Å². The SMILES string of the molecule is CCNC(=NCCNC(C)(C)C)NCCC(=O)N(CC)CC.I. The van der Waals surface area contributed by atoms with Crippen LogP contribution in [0.4, 0.5) is 0 Å². The molecule has 6 nitrogen and oxygen atoms in total. The highest BCUT2D eigenvalue weighted by Crippen LogP contribution is 1.96. The summed E-state index contributed by atoms with van der Waals surface area (Å²) >= 11 is 0. The number of hydrogen-bond donors (Lipinski definition) is 3. The molecule has 0 aromatic carbocycles. The summed E-state index contributed by atoms with van der Waals surface area (Å²) in [6, 6.07) is 0. The van der Waals surface area contributed by atoms with Gasteiger partial charge in [-0.3, -0.25) is 9.79 Å². The van der Waals surface area contributed by atoms with Gasteiger partial charge in [-0.1, -0.05) is 0 Å². The third-order valence-corrected chi connectivity index (χ3v) is 3.13. The fraction of sp³-hybridized carbons (Fsp3) is 0.875. The molecule has 0 aromatic heterocycles. The van der Waals surface area contributed by atoms with Crippen LogP contribution in [0.5, 0.6) is 0 Å². The molecule has 0 saturated carbocycles. The topological polar surface area (TPSA) is 68.8 Å². The molecule has 0 aliphatic rings. The van der Waals surface area contributed by atoms with E-state index in [2.05, 4.69) is 41.7 Å². The van der Waals surface area contributed by atoms with Crippen molar-refractivity contribution in [3.05, 3.63) is 0 Å². The Morgan fingerprint density at radius 2 is 1.65 bits per heavy atom. The van der Waals surface area contributed by atoms with E-state index in [4.69, 9.17) is 0 Å². The second-order valence-electron chi connectivity index (χ2n) is 6.18. The number of guanidine groups is 1. The van der Waals surface area contributed by atoms with E-state index < -0.39 is 0 Å². The van der Waals surface area contributed by atoms with Gasteiger partial charge in [-0.15, -0.1) is 24.0 Å². The lowest BCUT2D eigenvalue weighted by Crippen LogP contribution is -2.41. The highest BCUT2D eigenvalue weighted by molar-refractivity contribution is 14.0. The van der Waals surface area contributed by atoms with Crippen molar-refractivity contribution in [1.29, 1.82) is 0 Å². The monoisotopic (exact) mass is 441 g/mol. The van der Waals surface area contributed by atoms with Gasteiger partial charge in [-0.25, -0.2) is 0 Å². The Bertz CT molecular complexity index is 338. The van der Waals surface area contributed by atoms with Crippen LogP contribution in [0, 0.1) is 0 Å². The van der Waals surface area contributed by atoms with Crippen molar-refractivity contribution >= 4 is 35.8 Å². The normalized spacial score (nSPS) is 11.7. The summed E-state index contributed by atoms with van der Waals surface area (Å²) in [5, 5.41) is 9.81. The van der Waals surface area contributed by atoms with Crippen molar-refractivity contribution in [1.82, 2.24) is 20.9 Å². The van der Waals surface area contributed by atoms with Crippen molar-refractivity contribution in [2.45, 2.75) is 53.5 Å². The molecule has 138 valence electrons. The van der Waals surface area contributed by atoms with E-state index in [-0.39, 0.29) is 35.4 Å². The summed E-state index contributed by atoms with van der Waals surface area (Å²) in [5.41, 5.74) is 0.109. The van der Waals surface area contributed by atoms with Crippen LogP contribution in [0.25, 0.3) is 0 Å². The first kappa shape index (κ1) is 24.7. The molecular weight excluding hydrogens is 405 g/mol. The highest BCUT2D eigenvalue weighted by Gasteiger charge is 2.09. The average molecular weight is 441 g/mol. The molecule has 0 aromatic rings. The fourth-order valence-corrected chi connectivity index (χ4v) is 1.96. The van der Waals surface area contributed by atoms with Crippen LogP contribution in [0.15, 0.2) is 4.99 Å². The van der Waals surface area contributed by atoms with E-state index in [1.54, 1.807) is 0 Å². The van der Waals surface area contributed by atoms with Gasteiger partial charge in [-0.05, 0) is 41.5 Å². The molecule has 0 heterocycles. The van der Waals surface area contributed by atoms with E-state index in [1.807, 2.05) is 25.7 Å². The number of carbonyl (C=O) groups excluding carboxylic acids is 1. The quantitative estimate of drug-likeness (QED) is 0.221. The number of amides is 1. The maximum atomic E-state index is 11.9. The van der Waals surface area contributed by atoms with Gasteiger partial charge in [0.15, 0.2) is 5.96 Å². The van der Waals surface area contributed by atoms with E-state index in [9.17, 15) is 4.79 Å². The van der Waals surface area contributed by atoms with Crippen LogP contribution >= 0.6 is 24.0 Å². The lowest BCUT2D eigenvalue weighted by molar-refractivity contribution is -0.130. The summed E-state index contributed by atoms with van der Waals surface area (Å²) in [5.74, 6) is 0.952. The maximum Gasteiger partial charge on any atom is 0.224 e. The summed E-state index contributed by atoms with van der Waals surface area (Å²) in [7, 11) is 0. The molecule has 1 amide bonds. The Labute approximate surface area is 159 Å². The van der Waals surface area contributed by atoms with Gasteiger partial charge in [-0.2, -0.15) is 0 Å². The first-order valence-electron chi connectivity index (χ1n) is 8.39. The molecule has 0 atom stereocenters. The van der Waals surface area contributed by atoms with Crippen molar-refractivity contribution in [2.24, 2.45) is 4.99 Å². The van der Waals surface area contributed by atoms with E-state index >= 15 is 0 Å². The van der Waals surface area contributed by atoms with Gasteiger partial charge in [0.1, 0.15) is 0 Å². The summed E-state index contributed by atoms with van der Waals surface area (Å²) in [6.07, 6.45) is 0.492. The lowest BCUT2D eigenvalue weighted by atomic mass is 10.1. The number of hydrogen-bond acceptors (Lipinski definition) is 3. The Kier molecular flexibility index (Phi) is 14.8. The third-order valence-electron chi connectivity index (χ3n) is 3.13. The largest absolute Gasteiger partial charge is 0.357 e. The van der Waals surface area contributed by atoms with Crippen LogP contribution in [0.1, 0.15) is 48.0 Å². The molecule has 7 heteroatoms. The molecular formula is C16H36IN5O. The van der Waals surface area contributed by atoms with Crippen molar-refractivity contribution < 1.29 is 4.79 Å². The zero-order valence-electron chi connectivity index (χ0n) is 15.7. The Balaban J connectivity index is 0. The Hall–Kier alpha value is -0.570. The van der Waals surface area contributed by atoms with Crippen molar-refractivity contribution in [2.75, 3.05) is 39.3 Å². The van der Waals surface area contributed by atoms with Gasteiger partial charge in [0.25, 0.3) is 0 Å². The molecule has 0 radical (unpaired) electrons. The van der Waals surface area contributed by atoms with Crippen LogP contribution in [0.3, 0.4) is 0 Å². The first-order chi connectivity index (χ1) is 10.3. The van der Waals surface area contributed by atoms with E-state index in [0.29, 0.717) is 19.5 Å². The Morgan fingerprint density at radius 3 is 2.13 bits per heavy atom. The van der Waals surface area contributed by atoms with Gasteiger partial charge in [0, 0.05) is 44.7 Å². The molecule has 0 rings (SSSR count). The van der Waals surface area contributed by atoms with Gasteiger partial charge >= 0.3 is 0 Å². The van der Waals surface area contributed by atoms with Gasteiger partial charge in [0.2, 0.25) is 5.91 Å². The molecule has 0 spiro atoms. The smallest absolute Gasteiger partial charge is 0.224 e. The molecule has 0 unspecified atom stereocenters. The lowest BCUT2D eigenvalue weighted by Gasteiger charge is -2.20. The number of rotatable bonds is 9. The zero-order chi connectivity index (χ0) is 17.0. The minimum atomic E-state index is 0. The van der Waals surface area contributed by atoms with E-state index in [1.165, 1.54) is 0 Å². The van der Waals surface area contributed by atoms with E-state index in [0.717, 1.165) is 32.1 Å². The summed E-state index contributed by atoms with van der Waals surface area (Å²) in [4.78, 5) is 18.3. The summed E-state index contributed by atoms with van der Waals surface area (Å²) in [6.45, 7) is 16.9. The fourth-order valence-electron chi connectivity index (χ4n) is 1.96. The maximum absolute atomic E-state index is 11.9. The zero-order valence-corrected chi connectivity index (χ0v) is 18.0. The van der Waals surface area contributed by atoms with Crippen molar-refractivity contribution in [3.8, 4) is 0 Å². The molecule has 0 aliphatic carbocycles. The first-order valence-corrected chi connectivity index (χ1v) is 8.39. The predicted molar refractivity (Wildman–Crippen MR) is 110 cm³/mol. The number of halogens is 1. The number of carbonyl (C=O) groups is 1. The number of aliphatic imine (C=N–C) groups is 1. The molecule has 23 heavy (non-hydrogen) atoms. The van der Waals surface area contributed by atoms with Crippen molar-refractivity contribution in [3.63, 3.8) is 0 Å². The molecule has 0 aliphatic heterocycles. The number of nitrogens with zero attached hydrogens (tertiary/aromatic N) is 2. The van der Waals surface area contributed by atoms with Gasteiger partial charge < -0.3 is 20.9 Å². The molecule has 3 N–H and O–H groups in total. The van der Waals surface area contributed by atoms with Crippen LogP contribution < -0.4 is 16.0 Å². The second-order valence-corrected chi connectivity index (χ2v) is 6.18. The Morgan fingerprint density at radius 1 is 1.04 bits per heavy atom. The third kappa shape index (κ3) is 13.6. The second kappa shape index (κ2) is 13.8. The van der Waals surface area contributed by atoms with Gasteiger partial charge in [0.05, 0.1) is 6.54 Å². The molecule has 0 saturated heterocycles. The molecule has 0 fully saturated rings. The minimum absolute atomic E-state index is 0. The molecule has 0 bridgehead atoms. The van der Waals surface area contributed by atoms with Crippen LogP contribution in [0.2, 0.25) is 0 Å². The minimum Gasteiger partial charge on any atom is -0.357 e. The standard InChI is InChI=1S/C16H35N5O.HI/c1-7-17-15(19-12-13-20-16(4,5)6)18-11-10-14(22)21(8-2)9-3;/h20H,7-13H2,1-6H3,(H2,17,18,19);1H. The average Bonchev–Trinajstić information content (AvgIpc) is 2.43.